The van der Waals surface area contributed by atoms with Gasteiger partial charge in [-0.25, -0.2) is 13.2 Å². The Hall–Kier alpha value is -1.80. The molecular weight excluding hydrogens is 240 g/mol. The number of hydrogen-bond acceptors (Lipinski definition) is 3. The number of sulfone groups is 1. The third-order valence-corrected chi connectivity index (χ3v) is 3.90. The smallest absolute Gasteiger partial charge is 0.335 e. The summed E-state index contributed by atoms with van der Waals surface area (Å²) in [4.78, 5) is 10.8. The van der Waals surface area contributed by atoms with Gasteiger partial charge in [-0.05, 0) is 24.1 Å². The minimum Gasteiger partial charge on any atom is -0.478 e. The van der Waals surface area contributed by atoms with E-state index in [0.717, 1.165) is 6.07 Å². The molecule has 1 aromatic carbocycles. The second kappa shape index (κ2) is 5.02. The minimum atomic E-state index is -3.61. The van der Waals surface area contributed by atoms with Crippen molar-refractivity contribution >= 4 is 15.8 Å². The topological polar surface area (TPSA) is 71.4 Å². The Morgan fingerprint density at radius 3 is 2.59 bits per heavy atom. The number of hydrogen-bond donors (Lipinski definition) is 1. The predicted octanol–water partition coefficient (Wildman–Crippen LogP) is 1.35. The summed E-state index contributed by atoms with van der Waals surface area (Å²) in [5.41, 5.74) is 0.517. The fourth-order valence-electron chi connectivity index (χ4n) is 1.46. The number of terminal acetylenes is 1. The molecule has 0 radical (unpaired) electrons. The fraction of sp³-hybridized carbons (Fsp3) is 0.250. The maximum Gasteiger partial charge on any atom is 0.335 e. The van der Waals surface area contributed by atoms with Crippen LogP contribution in [0.5, 0.6) is 0 Å². The van der Waals surface area contributed by atoms with Gasteiger partial charge in [0.1, 0.15) is 5.75 Å². The SMILES string of the molecule is C#CCS(=O)(=O)c1cc(C(=O)O)ccc1CC. The lowest BCUT2D eigenvalue weighted by Crippen LogP contribution is -2.10. The van der Waals surface area contributed by atoms with Crippen molar-refractivity contribution in [1.29, 1.82) is 0 Å². The Labute approximate surface area is 100 Å². The van der Waals surface area contributed by atoms with E-state index >= 15 is 0 Å². The summed E-state index contributed by atoms with van der Waals surface area (Å²) in [6.45, 7) is 1.80. The van der Waals surface area contributed by atoms with Gasteiger partial charge in [-0.3, -0.25) is 0 Å². The lowest BCUT2D eigenvalue weighted by Gasteiger charge is -2.08. The van der Waals surface area contributed by atoms with Crippen LogP contribution in [0.2, 0.25) is 0 Å². The minimum absolute atomic E-state index is 0.0119. The van der Waals surface area contributed by atoms with Crippen LogP contribution >= 0.6 is 0 Å². The van der Waals surface area contributed by atoms with E-state index in [-0.39, 0.29) is 10.5 Å². The Kier molecular flexibility index (Phi) is 3.92. The standard InChI is InChI=1S/C12H12O4S/c1-3-7-17(15,16)11-8-10(12(13)14)6-5-9(11)4-2/h1,5-6,8H,4,7H2,2H3,(H,13,14). The zero-order chi connectivity index (χ0) is 13.1. The number of benzene rings is 1. The Morgan fingerprint density at radius 1 is 1.47 bits per heavy atom. The molecule has 1 N–H and O–H groups in total. The first-order chi connectivity index (χ1) is 7.92. The molecule has 0 aliphatic rings. The highest BCUT2D eigenvalue weighted by molar-refractivity contribution is 7.91. The van der Waals surface area contributed by atoms with Crippen LogP contribution in [-0.2, 0) is 16.3 Å². The number of carboxylic acids is 1. The molecule has 90 valence electrons. The number of rotatable bonds is 4. The maximum atomic E-state index is 11.9. The van der Waals surface area contributed by atoms with Gasteiger partial charge in [-0.1, -0.05) is 18.9 Å². The Morgan fingerprint density at radius 2 is 2.12 bits per heavy atom. The zero-order valence-corrected chi connectivity index (χ0v) is 10.1. The first kappa shape index (κ1) is 13.3. The monoisotopic (exact) mass is 252 g/mol. The van der Waals surface area contributed by atoms with Gasteiger partial charge in [0.2, 0.25) is 0 Å². The quantitative estimate of drug-likeness (QED) is 0.821. The third kappa shape index (κ3) is 2.86. The van der Waals surface area contributed by atoms with Crippen LogP contribution in [0.15, 0.2) is 23.1 Å². The molecule has 0 aliphatic heterocycles. The molecule has 0 bridgehead atoms. The molecule has 0 spiro atoms. The second-order valence-electron chi connectivity index (χ2n) is 3.44. The summed E-state index contributed by atoms with van der Waals surface area (Å²) < 4.78 is 23.7. The fourth-order valence-corrected chi connectivity index (χ4v) is 2.75. The van der Waals surface area contributed by atoms with Crippen molar-refractivity contribution in [3.05, 3.63) is 29.3 Å². The molecule has 17 heavy (non-hydrogen) atoms. The average Bonchev–Trinajstić information content (AvgIpc) is 2.28. The highest BCUT2D eigenvalue weighted by Gasteiger charge is 2.19. The second-order valence-corrected chi connectivity index (χ2v) is 5.40. The van der Waals surface area contributed by atoms with Crippen LogP contribution in [0, 0.1) is 12.3 Å². The first-order valence-corrected chi connectivity index (χ1v) is 6.60. The number of carbonyl (C=O) groups is 1. The van der Waals surface area contributed by atoms with Crippen LogP contribution in [0.1, 0.15) is 22.8 Å². The molecule has 4 nitrogen and oxygen atoms in total. The molecule has 0 saturated heterocycles. The van der Waals surface area contributed by atoms with Crippen molar-refractivity contribution < 1.29 is 18.3 Å². The molecular formula is C12H12O4S. The Bertz CT molecular complexity index is 579. The van der Waals surface area contributed by atoms with E-state index in [1.165, 1.54) is 12.1 Å². The Balaban J connectivity index is 3.45. The van der Waals surface area contributed by atoms with Crippen LogP contribution < -0.4 is 0 Å². The van der Waals surface area contributed by atoms with E-state index in [2.05, 4.69) is 5.92 Å². The molecule has 0 fully saturated rings. The number of carboxylic acid groups (broad SMARTS) is 1. The summed E-state index contributed by atoms with van der Waals surface area (Å²) in [5, 5.41) is 8.83. The highest BCUT2D eigenvalue weighted by atomic mass is 32.2. The summed E-state index contributed by atoms with van der Waals surface area (Å²) in [6.07, 6.45) is 5.49. The van der Waals surface area contributed by atoms with Gasteiger partial charge in [0.25, 0.3) is 0 Å². The van der Waals surface area contributed by atoms with Gasteiger partial charge in [-0.15, -0.1) is 6.42 Å². The van der Waals surface area contributed by atoms with E-state index in [1.807, 2.05) is 0 Å². The van der Waals surface area contributed by atoms with Crippen LogP contribution in [0.3, 0.4) is 0 Å². The van der Waals surface area contributed by atoms with E-state index in [0.29, 0.717) is 12.0 Å². The lowest BCUT2D eigenvalue weighted by molar-refractivity contribution is 0.0696. The van der Waals surface area contributed by atoms with Gasteiger partial charge in [-0.2, -0.15) is 0 Å². The van der Waals surface area contributed by atoms with Crippen molar-refractivity contribution in [3.8, 4) is 12.3 Å². The van der Waals surface area contributed by atoms with Gasteiger partial charge in [0.05, 0.1) is 10.5 Å². The molecule has 0 aliphatic carbocycles. The van der Waals surface area contributed by atoms with Gasteiger partial charge in [0, 0.05) is 0 Å². The van der Waals surface area contributed by atoms with Gasteiger partial charge in [0.15, 0.2) is 9.84 Å². The maximum absolute atomic E-state index is 11.9. The first-order valence-electron chi connectivity index (χ1n) is 4.94. The molecule has 0 heterocycles. The van der Waals surface area contributed by atoms with E-state index in [1.54, 1.807) is 6.92 Å². The summed E-state index contributed by atoms with van der Waals surface area (Å²) in [5.74, 6) is 0.481. The van der Waals surface area contributed by atoms with Crippen LogP contribution in [-0.4, -0.2) is 25.2 Å². The number of aromatic carboxylic acids is 1. The lowest BCUT2D eigenvalue weighted by atomic mass is 10.1. The molecule has 5 heteroatoms. The van der Waals surface area contributed by atoms with Gasteiger partial charge >= 0.3 is 5.97 Å². The number of aryl methyl sites for hydroxylation is 1. The molecule has 1 rings (SSSR count). The van der Waals surface area contributed by atoms with Crippen molar-refractivity contribution in [3.63, 3.8) is 0 Å². The van der Waals surface area contributed by atoms with E-state index in [4.69, 9.17) is 11.5 Å². The van der Waals surface area contributed by atoms with Crippen molar-refractivity contribution in [2.75, 3.05) is 5.75 Å². The summed E-state index contributed by atoms with van der Waals surface area (Å²) in [6, 6.07) is 4.05. The third-order valence-electron chi connectivity index (χ3n) is 2.30. The zero-order valence-electron chi connectivity index (χ0n) is 9.30. The molecule has 1 aromatic rings. The van der Waals surface area contributed by atoms with Crippen molar-refractivity contribution in [2.45, 2.75) is 18.2 Å². The van der Waals surface area contributed by atoms with Crippen LogP contribution in [0.25, 0.3) is 0 Å². The summed E-state index contributed by atoms with van der Waals surface area (Å²) in [7, 11) is -3.61. The average molecular weight is 252 g/mol. The van der Waals surface area contributed by atoms with Crippen molar-refractivity contribution in [2.24, 2.45) is 0 Å². The molecule has 0 saturated carbocycles. The van der Waals surface area contributed by atoms with E-state index < -0.39 is 21.6 Å². The normalized spacial score (nSPS) is 10.8. The van der Waals surface area contributed by atoms with Crippen LogP contribution in [0.4, 0.5) is 0 Å². The summed E-state index contributed by atoms with van der Waals surface area (Å²) >= 11 is 0. The molecule has 0 atom stereocenters. The largest absolute Gasteiger partial charge is 0.478 e. The predicted molar refractivity (Wildman–Crippen MR) is 63.7 cm³/mol. The molecule has 0 unspecified atom stereocenters. The molecule has 0 amide bonds. The highest BCUT2D eigenvalue weighted by Crippen LogP contribution is 2.20. The van der Waals surface area contributed by atoms with E-state index in [9.17, 15) is 13.2 Å². The van der Waals surface area contributed by atoms with Gasteiger partial charge < -0.3 is 5.11 Å². The molecule has 0 aromatic heterocycles. The van der Waals surface area contributed by atoms with Crippen molar-refractivity contribution in [1.82, 2.24) is 0 Å².